The predicted octanol–water partition coefficient (Wildman–Crippen LogP) is 6.55. The maximum Gasteiger partial charge on any atom is 0.305 e. The summed E-state index contributed by atoms with van der Waals surface area (Å²) in [5.74, 6) is 1.26. The van der Waals surface area contributed by atoms with Crippen molar-refractivity contribution in [2.24, 2.45) is 0 Å². The van der Waals surface area contributed by atoms with Crippen LogP contribution in [0, 0.1) is 0 Å². The van der Waals surface area contributed by atoms with Crippen LogP contribution in [0.15, 0.2) is 59.2 Å². The molecule has 0 aliphatic carbocycles. The standard InChI is InChI=1S/C24H26ClNO4/c1-28-23(27)7-5-3-2-4-6-16-29-21-14-10-19(11-15-21)24-26-22(17-30-24)18-8-12-20(25)13-9-18/h8-15,17H,2-7,16H2,1H3. The molecule has 0 N–H and O–H groups in total. The third kappa shape index (κ3) is 6.63. The highest BCUT2D eigenvalue weighted by molar-refractivity contribution is 6.30. The maximum absolute atomic E-state index is 11.0. The van der Waals surface area contributed by atoms with Crippen molar-refractivity contribution in [1.29, 1.82) is 0 Å². The number of aromatic nitrogens is 1. The van der Waals surface area contributed by atoms with Gasteiger partial charge in [-0.2, -0.15) is 0 Å². The predicted molar refractivity (Wildman–Crippen MR) is 118 cm³/mol. The summed E-state index contributed by atoms with van der Waals surface area (Å²) in [5, 5.41) is 0.691. The lowest BCUT2D eigenvalue weighted by Gasteiger charge is -2.06. The molecule has 3 rings (SSSR count). The largest absolute Gasteiger partial charge is 0.494 e. The van der Waals surface area contributed by atoms with E-state index in [1.807, 2.05) is 48.5 Å². The summed E-state index contributed by atoms with van der Waals surface area (Å²) < 4.78 is 16.1. The lowest BCUT2D eigenvalue weighted by atomic mass is 10.1. The Morgan fingerprint density at radius 2 is 1.60 bits per heavy atom. The molecule has 5 nitrogen and oxygen atoms in total. The number of carbonyl (C=O) groups excluding carboxylic acids is 1. The summed E-state index contributed by atoms with van der Waals surface area (Å²) in [6, 6.07) is 15.2. The summed E-state index contributed by atoms with van der Waals surface area (Å²) >= 11 is 5.93. The van der Waals surface area contributed by atoms with Crippen molar-refractivity contribution in [1.82, 2.24) is 4.98 Å². The molecule has 3 aromatic rings. The highest BCUT2D eigenvalue weighted by Crippen LogP contribution is 2.27. The highest BCUT2D eigenvalue weighted by atomic mass is 35.5. The van der Waals surface area contributed by atoms with Gasteiger partial charge in [-0.15, -0.1) is 0 Å². The summed E-state index contributed by atoms with van der Waals surface area (Å²) in [4.78, 5) is 15.6. The number of benzene rings is 2. The Morgan fingerprint density at radius 3 is 2.33 bits per heavy atom. The Kier molecular flexibility index (Phi) is 8.33. The SMILES string of the molecule is COC(=O)CCCCCCCOc1ccc(-c2nc(-c3ccc(Cl)cc3)co2)cc1. The topological polar surface area (TPSA) is 61.6 Å². The van der Waals surface area contributed by atoms with E-state index in [2.05, 4.69) is 9.72 Å². The lowest BCUT2D eigenvalue weighted by Crippen LogP contribution is -1.99. The highest BCUT2D eigenvalue weighted by Gasteiger charge is 2.09. The van der Waals surface area contributed by atoms with Crippen LogP contribution in [-0.2, 0) is 9.53 Å². The van der Waals surface area contributed by atoms with Crippen LogP contribution in [0.4, 0.5) is 0 Å². The third-order valence-corrected chi connectivity index (χ3v) is 5.02. The third-order valence-electron chi connectivity index (χ3n) is 4.77. The minimum Gasteiger partial charge on any atom is -0.494 e. The molecule has 2 aromatic carbocycles. The fourth-order valence-electron chi connectivity index (χ4n) is 3.05. The van der Waals surface area contributed by atoms with E-state index in [1.54, 1.807) is 6.26 Å². The number of unbranched alkanes of at least 4 members (excludes halogenated alkanes) is 4. The molecule has 0 bridgehead atoms. The monoisotopic (exact) mass is 427 g/mol. The number of hydrogen-bond donors (Lipinski definition) is 0. The molecule has 0 atom stereocenters. The summed E-state index contributed by atoms with van der Waals surface area (Å²) in [7, 11) is 1.43. The molecule has 0 saturated heterocycles. The second-order valence-electron chi connectivity index (χ2n) is 7.01. The molecule has 0 fully saturated rings. The Balaban J connectivity index is 1.40. The van der Waals surface area contributed by atoms with E-state index in [1.165, 1.54) is 7.11 Å². The first-order valence-corrected chi connectivity index (χ1v) is 10.5. The van der Waals surface area contributed by atoms with Crippen molar-refractivity contribution in [3.8, 4) is 28.5 Å². The molecular formula is C24H26ClNO4. The van der Waals surface area contributed by atoms with Gasteiger partial charge in [0.05, 0.1) is 13.7 Å². The summed E-state index contributed by atoms with van der Waals surface area (Å²) in [5.41, 5.74) is 2.63. The molecule has 0 aliphatic rings. The molecule has 158 valence electrons. The van der Waals surface area contributed by atoms with Crippen molar-refractivity contribution in [3.05, 3.63) is 59.8 Å². The van der Waals surface area contributed by atoms with E-state index in [-0.39, 0.29) is 5.97 Å². The van der Waals surface area contributed by atoms with Crippen LogP contribution in [0.3, 0.4) is 0 Å². The first-order valence-electron chi connectivity index (χ1n) is 10.2. The molecule has 6 heteroatoms. The molecule has 1 heterocycles. The Bertz CT molecular complexity index is 919. The number of halogens is 1. The van der Waals surface area contributed by atoms with Gasteiger partial charge in [0.15, 0.2) is 0 Å². The van der Waals surface area contributed by atoms with Gasteiger partial charge in [0.2, 0.25) is 5.89 Å². The molecule has 0 radical (unpaired) electrons. The molecule has 1 aromatic heterocycles. The quantitative estimate of drug-likeness (QED) is 0.256. The number of carbonyl (C=O) groups is 1. The van der Waals surface area contributed by atoms with E-state index >= 15 is 0 Å². The van der Waals surface area contributed by atoms with Crippen molar-refractivity contribution in [2.75, 3.05) is 13.7 Å². The minimum absolute atomic E-state index is 0.132. The number of methoxy groups -OCH3 is 1. The summed E-state index contributed by atoms with van der Waals surface area (Å²) in [6.07, 6.45) is 7.25. The Labute approximate surface area is 182 Å². The minimum atomic E-state index is -0.132. The van der Waals surface area contributed by atoms with Crippen molar-refractivity contribution in [3.63, 3.8) is 0 Å². The zero-order chi connectivity index (χ0) is 21.2. The molecular weight excluding hydrogens is 402 g/mol. The fourth-order valence-corrected chi connectivity index (χ4v) is 3.17. The van der Waals surface area contributed by atoms with Gasteiger partial charge in [-0.05, 0) is 49.2 Å². The first-order chi connectivity index (χ1) is 14.7. The molecule has 30 heavy (non-hydrogen) atoms. The number of nitrogens with zero attached hydrogens (tertiary/aromatic N) is 1. The van der Waals surface area contributed by atoms with Gasteiger partial charge in [0.25, 0.3) is 0 Å². The normalized spacial score (nSPS) is 10.7. The summed E-state index contributed by atoms with van der Waals surface area (Å²) in [6.45, 7) is 0.677. The van der Waals surface area contributed by atoms with Gasteiger partial charge in [-0.25, -0.2) is 4.98 Å². The van der Waals surface area contributed by atoms with Gasteiger partial charge in [0, 0.05) is 22.6 Å². The second kappa shape index (κ2) is 11.4. The molecule has 0 unspecified atom stereocenters. The Hall–Kier alpha value is -2.79. The number of oxazole rings is 1. The second-order valence-corrected chi connectivity index (χ2v) is 7.45. The zero-order valence-electron chi connectivity index (χ0n) is 17.1. The average Bonchev–Trinajstić information content (AvgIpc) is 3.26. The van der Waals surface area contributed by atoms with E-state index in [0.717, 1.165) is 54.7 Å². The van der Waals surface area contributed by atoms with Crippen molar-refractivity contribution >= 4 is 17.6 Å². The van der Waals surface area contributed by atoms with E-state index in [9.17, 15) is 4.79 Å². The molecule has 0 saturated carbocycles. The van der Waals surface area contributed by atoms with Crippen molar-refractivity contribution in [2.45, 2.75) is 38.5 Å². The van der Waals surface area contributed by atoms with Crippen LogP contribution >= 0.6 is 11.6 Å². The van der Waals surface area contributed by atoms with Gasteiger partial charge >= 0.3 is 5.97 Å². The van der Waals surface area contributed by atoms with Crippen LogP contribution in [0.25, 0.3) is 22.7 Å². The number of esters is 1. The number of hydrogen-bond acceptors (Lipinski definition) is 5. The smallest absolute Gasteiger partial charge is 0.305 e. The average molecular weight is 428 g/mol. The lowest BCUT2D eigenvalue weighted by molar-refractivity contribution is -0.140. The number of ether oxygens (including phenoxy) is 2. The fraction of sp³-hybridized carbons (Fsp3) is 0.333. The van der Waals surface area contributed by atoms with Gasteiger partial charge in [0.1, 0.15) is 17.7 Å². The molecule has 0 aliphatic heterocycles. The van der Waals surface area contributed by atoms with Gasteiger partial charge in [-0.1, -0.05) is 43.0 Å². The van der Waals surface area contributed by atoms with Crippen LogP contribution in [0.5, 0.6) is 5.75 Å². The molecule has 0 spiro atoms. The number of rotatable bonds is 11. The molecule has 0 amide bonds. The van der Waals surface area contributed by atoms with Crippen LogP contribution < -0.4 is 4.74 Å². The van der Waals surface area contributed by atoms with Crippen LogP contribution in [0.1, 0.15) is 38.5 Å². The van der Waals surface area contributed by atoms with E-state index < -0.39 is 0 Å². The first kappa shape index (κ1) is 21.9. The van der Waals surface area contributed by atoms with Gasteiger partial charge in [-0.3, -0.25) is 4.79 Å². The van der Waals surface area contributed by atoms with Crippen LogP contribution in [-0.4, -0.2) is 24.7 Å². The van der Waals surface area contributed by atoms with E-state index in [0.29, 0.717) is 23.9 Å². The van der Waals surface area contributed by atoms with Crippen LogP contribution in [0.2, 0.25) is 5.02 Å². The maximum atomic E-state index is 11.0. The Morgan fingerprint density at radius 1 is 0.933 bits per heavy atom. The van der Waals surface area contributed by atoms with Gasteiger partial charge < -0.3 is 13.9 Å². The zero-order valence-corrected chi connectivity index (χ0v) is 17.9. The van der Waals surface area contributed by atoms with E-state index in [4.69, 9.17) is 20.8 Å². The van der Waals surface area contributed by atoms with Crippen molar-refractivity contribution < 1.29 is 18.7 Å².